The first-order valence-corrected chi connectivity index (χ1v) is 14.0. The van der Waals surface area contributed by atoms with Gasteiger partial charge in [-0.05, 0) is 98.2 Å². The minimum Gasteiger partial charge on any atom is -0.490 e. The third-order valence-electron chi connectivity index (χ3n) is 9.15. The Labute approximate surface area is 223 Å². The van der Waals surface area contributed by atoms with Crippen molar-refractivity contribution in [1.82, 2.24) is 0 Å². The Bertz CT molecular complexity index is 1170. The molecule has 5 atom stereocenters. The summed E-state index contributed by atoms with van der Waals surface area (Å²) < 4.78 is 17.7. The molecule has 6 rings (SSSR count). The van der Waals surface area contributed by atoms with E-state index in [1.165, 1.54) is 18.2 Å². The lowest BCUT2D eigenvalue weighted by Gasteiger charge is -2.47. The molecule has 0 unspecified atom stereocenters. The van der Waals surface area contributed by atoms with Crippen molar-refractivity contribution in [2.24, 2.45) is 11.8 Å². The van der Waals surface area contributed by atoms with E-state index in [0.717, 1.165) is 74.5 Å². The third-order valence-corrected chi connectivity index (χ3v) is 9.39. The molecular weight excluding hydrogens is 490 g/mol. The van der Waals surface area contributed by atoms with Gasteiger partial charge in [-0.1, -0.05) is 17.7 Å². The number of carbonyl (C=O) groups excluding carboxylic acids is 1. The van der Waals surface area contributed by atoms with E-state index in [0.29, 0.717) is 30.6 Å². The lowest BCUT2D eigenvalue weighted by molar-refractivity contribution is -0.101. The highest BCUT2D eigenvalue weighted by molar-refractivity contribution is 6.30. The Kier molecular flexibility index (Phi) is 6.85. The van der Waals surface area contributed by atoms with Gasteiger partial charge in [0.2, 0.25) is 0 Å². The Morgan fingerprint density at radius 3 is 2.89 bits per heavy atom. The molecule has 198 valence electrons. The van der Waals surface area contributed by atoms with Gasteiger partial charge < -0.3 is 24.2 Å². The lowest BCUT2D eigenvalue weighted by atomic mass is 9.67. The third kappa shape index (κ3) is 4.73. The zero-order valence-electron chi connectivity index (χ0n) is 21.5. The summed E-state index contributed by atoms with van der Waals surface area (Å²) in [5.74, 6) is 1.38. The van der Waals surface area contributed by atoms with Gasteiger partial charge in [-0.15, -0.1) is 0 Å². The number of hydrogen-bond donors (Lipinski definition) is 1. The molecule has 0 amide bonds. The minimum atomic E-state index is -0.342. The lowest BCUT2D eigenvalue weighted by Crippen LogP contribution is -2.50. The van der Waals surface area contributed by atoms with Crippen molar-refractivity contribution in [2.45, 2.75) is 62.6 Å². The highest BCUT2D eigenvalue weighted by Crippen LogP contribution is 2.47. The average Bonchev–Trinajstić information content (AvgIpc) is 3.03. The fourth-order valence-corrected chi connectivity index (χ4v) is 7.26. The second-order valence-corrected chi connectivity index (χ2v) is 11.8. The molecule has 6 nitrogen and oxygen atoms in total. The van der Waals surface area contributed by atoms with Crippen molar-refractivity contribution in [3.8, 4) is 5.75 Å². The Morgan fingerprint density at radius 2 is 2.11 bits per heavy atom. The average molecular weight is 526 g/mol. The predicted molar refractivity (Wildman–Crippen MR) is 143 cm³/mol. The molecule has 1 N–H and O–H groups in total. The van der Waals surface area contributed by atoms with Gasteiger partial charge in [0.15, 0.2) is 0 Å². The van der Waals surface area contributed by atoms with Crippen LogP contribution in [0.3, 0.4) is 0 Å². The number of fused-ring (bicyclic) bond motifs is 3. The van der Waals surface area contributed by atoms with Crippen LogP contribution in [0.25, 0.3) is 0 Å². The first-order chi connectivity index (χ1) is 18.0. The minimum absolute atomic E-state index is 0.123. The van der Waals surface area contributed by atoms with Gasteiger partial charge in [0.25, 0.3) is 0 Å². The first-order valence-electron chi connectivity index (χ1n) is 13.6. The number of esters is 1. The molecule has 0 bridgehead atoms. The molecule has 0 radical (unpaired) electrons. The summed E-state index contributed by atoms with van der Waals surface area (Å²) in [5.41, 5.74) is 3.98. The molecular formula is C30H36ClNO5. The van der Waals surface area contributed by atoms with Crippen LogP contribution in [0, 0.1) is 11.8 Å². The molecule has 1 saturated heterocycles. The number of nitrogens with zero attached hydrogens (tertiary/aromatic N) is 1. The van der Waals surface area contributed by atoms with Crippen LogP contribution in [0.15, 0.2) is 36.4 Å². The normalized spacial score (nSPS) is 30.9. The summed E-state index contributed by atoms with van der Waals surface area (Å²) in [6.07, 6.45) is 6.76. The molecule has 7 heteroatoms. The SMILES string of the molecule is COC(=O)c1ccc2c(c1)N(C[C@@H]1CC[C@H]1[C@H]1C[C@@H](O)CCO1)C[C@@]1(CCCc3cc(Cl)ccc31)CO2. The summed E-state index contributed by atoms with van der Waals surface area (Å²) in [6, 6.07) is 11.9. The Hall–Kier alpha value is -2.28. The number of anilines is 1. The van der Waals surface area contributed by atoms with E-state index in [1.54, 1.807) is 6.07 Å². The second-order valence-electron chi connectivity index (χ2n) is 11.4. The number of carbonyl (C=O) groups is 1. The molecule has 1 spiro atoms. The van der Waals surface area contributed by atoms with E-state index >= 15 is 0 Å². The fraction of sp³-hybridized carbons (Fsp3) is 0.567. The number of aryl methyl sites for hydroxylation is 1. The van der Waals surface area contributed by atoms with E-state index in [4.69, 9.17) is 25.8 Å². The van der Waals surface area contributed by atoms with Gasteiger partial charge in [0.05, 0.1) is 37.2 Å². The predicted octanol–water partition coefficient (Wildman–Crippen LogP) is 5.17. The van der Waals surface area contributed by atoms with E-state index in [2.05, 4.69) is 17.0 Å². The maximum atomic E-state index is 12.4. The standard InChI is InChI=1S/C30H36ClNO5/c1-35-29(34)20-5-9-27-26(14-20)32(16-21-4-7-24(21)28-15-23(33)10-12-36-28)17-30(18-37-27)11-2-3-19-13-22(31)6-8-25(19)30/h5-6,8-9,13-14,21,23-24,28,33H,2-4,7,10-12,15-18H2,1H3/t21-,23-,24+,28+,30-/m0/s1. The number of rotatable bonds is 4. The van der Waals surface area contributed by atoms with E-state index in [9.17, 15) is 9.90 Å². The smallest absolute Gasteiger partial charge is 0.337 e. The number of ether oxygens (including phenoxy) is 3. The van der Waals surface area contributed by atoms with Gasteiger partial charge >= 0.3 is 5.97 Å². The molecule has 2 aromatic rings. The molecule has 0 aromatic heterocycles. The van der Waals surface area contributed by atoms with Crippen LogP contribution in [-0.4, -0.2) is 56.7 Å². The molecule has 4 aliphatic rings. The van der Waals surface area contributed by atoms with Gasteiger partial charge in [-0.3, -0.25) is 0 Å². The number of aliphatic hydroxyl groups excluding tert-OH is 1. The summed E-state index contributed by atoms with van der Waals surface area (Å²) in [5, 5.41) is 11.0. The van der Waals surface area contributed by atoms with Crippen molar-refractivity contribution in [3.05, 3.63) is 58.1 Å². The van der Waals surface area contributed by atoms with Crippen molar-refractivity contribution < 1.29 is 24.1 Å². The quantitative estimate of drug-likeness (QED) is 0.556. The number of hydrogen-bond acceptors (Lipinski definition) is 6. The summed E-state index contributed by atoms with van der Waals surface area (Å²) in [7, 11) is 1.42. The van der Waals surface area contributed by atoms with Crippen LogP contribution in [0.4, 0.5) is 5.69 Å². The highest BCUT2D eigenvalue weighted by Gasteiger charge is 2.45. The topological polar surface area (TPSA) is 68.2 Å². The van der Waals surface area contributed by atoms with Gasteiger partial charge in [0, 0.05) is 30.1 Å². The fourth-order valence-electron chi connectivity index (χ4n) is 7.06. The van der Waals surface area contributed by atoms with E-state index < -0.39 is 0 Å². The maximum absolute atomic E-state index is 12.4. The van der Waals surface area contributed by atoms with Gasteiger partial charge in [0.1, 0.15) is 5.75 Å². The van der Waals surface area contributed by atoms with Crippen LogP contribution < -0.4 is 9.64 Å². The van der Waals surface area contributed by atoms with Crippen LogP contribution in [-0.2, 0) is 21.3 Å². The van der Waals surface area contributed by atoms with E-state index in [-0.39, 0.29) is 23.6 Å². The van der Waals surface area contributed by atoms with Crippen molar-refractivity contribution in [2.75, 3.05) is 38.3 Å². The van der Waals surface area contributed by atoms with Crippen LogP contribution in [0.5, 0.6) is 5.75 Å². The van der Waals surface area contributed by atoms with E-state index in [1.807, 2.05) is 18.2 Å². The monoisotopic (exact) mass is 525 g/mol. The highest BCUT2D eigenvalue weighted by atomic mass is 35.5. The van der Waals surface area contributed by atoms with Crippen LogP contribution in [0.2, 0.25) is 5.02 Å². The zero-order valence-corrected chi connectivity index (χ0v) is 22.2. The number of methoxy groups -OCH3 is 1. The van der Waals surface area contributed by atoms with Crippen LogP contribution >= 0.6 is 11.6 Å². The molecule has 2 fully saturated rings. The van der Waals surface area contributed by atoms with Gasteiger partial charge in [-0.25, -0.2) is 4.79 Å². The molecule has 1 saturated carbocycles. The molecule has 2 heterocycles. The van der Waals surface area contributed by atoms with Crippen molar-refractivity contribution in [1.29, 1.82) is 0 Å². The van der Waals surface area contributed by atoms with Crippen molar-refractivity contribution in [3.63, 3.8) is 0 Å². The Balaban J connectivity index is 1.35. The Morgan fingerprint density at radius 1 is 1.22 bits per heavy atom. The van der Waals surface area contributed by atoms with Gasteiger partial charge in [-0.2, -0.15) is 0 Å². The molecule has 37 heavy (non-hydrogen) atoms. The van der Waals surface area contributed by atoms with Crippen LogP contribution in [0.1, 0.15) is 60.0 Å². The summed E-state index contributed by atoms with van der Waals surface area (Å²) in [6.45, 7) is 2.91. The number of halogens is 1. The molecule has 2 aromatic carbocycles. The molecule has 2 aliphatic carbocycles. The zero-order chi connectivity index (χ0) is 25.6. The van der Waals surface area contributed by atoms with Crippen molar-refractivity contribution >= 4 is 23.3 Å². The molecule has 2 aliphatic heterocycles. The number of aliphatic hydroxyl groups is 1. The summed E-state index contributed by atoms with van der Waals surface area (Å²) in [4.78, 5) is 14.9. The second kappa shape index (κ2) is 10.1. The summed E-state index contributed by atoms with van der Waals surface area (Å²) >= 11 is 6.38. The maximum Gasteiger partial charge on any atom is 0.337 e. The largest absolute Gasteiger partial charge is 0.490 e. The number of benzene rings is 2. The first kappa shape index (κ1) is 25.0.